The van der Waals surface area contributed by atoms with Gasteiger partial charge in [0.15, 0.2) is 17.0 Å². The summed E-state index contributed by atoms with van der Waals surface area (Å²) in [6.07, 6.45) is 4.48. The third-order valence-corrected chi connectivity index (χ3v) is 4.67. The van der Waals surface area contributed by atoms with Crippen LogP contribution < -0.4 is 15.2 Å². The molecule has 0 aliphatic heterocycles. The van der Waals surface area contributed by atoms with Crippen LogP contribution in [0, 0.1) is 0 Å². The summed E-state index contributed by atoms with van der Waals surface area (Å²) in [6.45, 7) is 2.78. The normalized spacial score (nSPS) is 11.7. The van der Waals surface area contributed by atoms with Gasteiger partial charge in [0.25, 0.3) is 16.1 Å². The highest BCUT2D eigenvalue weighted by molar-refractivity contribution is 7.85. The third-order valence-electron chi connectivity index (χ3n) is 4.13. The van der Waals surface area contributed by atoms with E-state index in [-0.39, 0.29) is 18.4 Å². The Balaban J connectivity index is 1.87. The molecule has 0 aromatic carbocycles. The van der Waals surface area contributed by atoms with Crippen molar-refractivity contribution < 1.29 is 22.1 Å². The van der Waals surface area contributed by atoms with Crippen LogP contribution in [0.1, 0.15) is 31.0 Å². The van der Waals surface area contributed by atoms with Crippen LogP contribution in [0.25, 0.3) is 11.2 Å². The summed E-state index contributed by atoms with van der Waals surface area (Å²) in [4.78, 5) is 17.2. The number of ether oxygens (including phenoxy) is 2. The first-order valence-electron chi connectivity index (χ1n) is 9.29. The van der Waals surface area contributed by atoms with Crippen molar-refractivity contribution >= 4 is 27.1 Å². The second kappa shape index (κ2) is 9.22. The summed E-state index contributed by atoms with van der Waals surface area (Å²) in [6, 6.07) is 4.00. The number of imidazole rings is 1. The fraction of sp³-hybridized carbons (Fsp3) is 0.444. The molecule has 0 atom stereocenters. The van der Waals surface area contributed by atoms with Gasteiger partial charge >= 0.3 is 6.01 Å². The molecule has 0 saturated carbocycles. The Morgan fingerprint density at radius 2 is 2.00 bits per heavy atom. The Labute approximate surface area is 174 Å². The summed E-state index contributed by atoms with van der Waals surface area (Å²) in [5.74, 6) is 0.204. The fourth-order valence-electron chi connectivity index (χ4n) is 2.64. The number of unbranched alkanes of at least 4 members (excludes halogenated alkanes) is 1. The minimum atomic E-state index is -3.53. The molecule has 0 spiro atoms. The van der Waals surface area contributed by atoms with Crippen molar-refractivity contribution in [1.82, 2.24) is 24.5 Å². The number of aromatic nitrogens is 5. The monoisotopic (exact) mass is 436 g/mol. The van der Waals surface area contributed by atoms with Gasteiger partial charge in [-0.05, 0) is 18.1 Å². The van der Waals surface area contributed by atoms with Crippen molar-refractivity contribution in [2.75, 3.05) is 25.7 Å². The first-order valence-corrected chi connectivity index (χ1v) is 11.1. The number of nitrogens with zero attached hydrogens (tertiary/aromatic N) is 5. The van der Waals surface area contributed by atoms with Crippen molar-refractivity contribution in [3.05, 3.63) is 29.6 Å². The van der Waals surface area contributed by atoms with E-state index in [1.807, 2.05) is 6.07 Å². The van der Waals surface area contributed by atoms with Crippen LogP contribution in [0.3, 0.4) is 0 Å². The molecule has 12 heteroatoms. The van der Waals surface area contributed by atoms with Gasteiger partial charge < -0.3 is 15.2 Å². The van der Waals surface area contributed by atoms with Gasteiger partial charge in [-0.2, -0.15) is 23.4 Å². The number of nitrogens with two attached hydrogens (primary N) is 1. The number of pyridine rings is 1. The summed E-state index contributed by atoms with van der Waals surface area (Å²) in [7, 11) is -2.03. The van der Waals surface area contributed by atoms with E-state index in [9.17, 15) is 8.42 Å². The van der Waals surface area contributed by atoms with Gasteiger partial charge in [0.2, 0.25) is 0 Å². The first kappa shape index (κ1) is 21.7. The molecule has 3 aromatic rings. The topological polar surface area (TPSA) is 144 Å². The minimum absolute atomic E-state index is 0.126. The molecule has 0 radical (unpaired) electrons. The highest BCUT2D eigenvalue weighted by Crippen LogP contribution is 2.26. The van der Waals surface area contributed by atoms with Crippen LogP contribution in [-0.4, -0.2) is 52.9 Å². The number of anilines is 1. The molecule has 0 saturated heterocycles. The number of hydrogen-bond donors (Lipinski definition) is 1. The second-order valence-corrected chi connectivity index (χ2v) is 8.22. The molecule has 3 heterocycles. The van der Waals surface area contributed by atoms with Crippen LogP contribution in [0.15, 0.2) is 18.3 Å². The van der Waals surface area contributed by atoms with Gasteiger partial charge in [-0.1, -0.05) is 19.4 Å². The van der Waals surface area contributed by atoms with E-state index < -0.39 is 10.1 Å². The van der Waals surface area contributed by atoms with Crippen LogP contribution in [0.4, 0.5) is 5.82 Å². The zero-order valence-electron chi connectivity index (χ0n) is 17.0. The zero-order chi connectivity index (χ0) is 21.7. The van der Waals surface area contributed by atoms with Crippen LogP contribution in [0.5, 0.6) is 12.0 Å². The Kier molecular flexibility index (Phi) is 6.67. The van der Waals surface area contributed by atoms with E-state index in [4.69, 9.17) is 19.4 Å². The molecular weight excluding hydrogens is 412 g/mol. The molecule has 0 fully saturated rings. The molecule has 0 amide bonds. The van der Waals surface area contributed by atoms with Crippen LogP contribution in [-0.2, 0) is 27.5 Å². The fourth-order valence-corrected chi connectivity index (χ4v) is 2.97. The van der Waals surface area contributed by atoms with Gasteiger partial charge in [-0.25, -0.2) is 0 Å². The highest BCUT2D eigenvalue weighted by Gasteiger charge is 2.18. The average molecular weight is 436 g/mol. The summed E-state index contributed by atoms with van der Waals surface area (Å²) >= 11 is 0. The van der Waals surface area contributed by atoms with E-state index in [1.165, 1.54) is 7.11 Å². The van der Waals surface area contributed by atoms with E-state index in [2.05, 4.69) is 26.9 Å². The summed E-state index contributed by atoms with van der Waals surface area (Å²) in [5.41, 5.74) is 8.25. The lowest BCUT2D eigenvalue weighted by atomic mass is 10.2. The van der Waals surface area contributed by atoms with Crippen molar-refractivity contribution in [2.45, 2.75) is 32.9 Å². The van der Waals surface area contributed by atoms with Gasteiger partial charge in [0, 0.05) is 6.20 Å². The summed E-state index contributed by atoms with van der Waals surface area (Å²) < 4.78 is 39.7. The molecule has 0 aliphatic carbocycles. The molecule has 0 aliphatic rings. The average Bonchev–Trinajstić information content (AvgIpc) is 3.05. The zero-order valence-corrected chi connectivity index (χ0v) is 17.8. The van der Waals surface area contributed by atoms with Crippen molar-refractivity contribution in [3.8, 4) is 12.0 Å². The predicted molar refractivity (Wildman–Crippen MR) is 110 cm³/mol. The molecule has 0 unspecified atom stereocenters. The smallest absolute Gasteiger partial charge is 0.320 e. The SMILES string of the molecule is CCCCOc1nc(N)c2nc(OC)n(Cc3ccc(COS(C)(=O)=O)nc3)c2n1. The lowest BCUT2D eigenvalue weighted by Gasteiger charge is -2.09. The Hall–Kier alpha value is -2.99. The van der Waals surface area contributed by atoms with Crippen molar-refractivity contribution in [2.24, 2.45) is 0 Å². The molecule has 3 rings (SSSR count). The molecular formula is C18H24N6O5S. The molecule has 0 bridgehead atoms. The standard InChI is InChI=1S/C18H24N6O5S/c1-4-5-8-28-17-22-15(19)14-16(23-17)24(18(21-14)27-2)10-12-6-7-13(20-9-12)11-29-30(3,25)26/h6-7,9H,4-5,8,10-11H2,1-3H3,(H2,19,22,23). The molecule has 2 N–H and O–H groups in total. The maximum Gasteiger partial charge on any atom is 0.320 e. The quantitative estimate of drug-likeness (QED) is 0.367. The maximum absolute atomic E-state index is 11.1. The van der Waals surface area contributed by atoms with Crippen molar-refractivity contribution in [3.63, 3.8) is 0 Å². The van der Waals surface area contributed by atoms with Crippen molar-refractivity contribution in [1.29, 1.82) is 0 Å². The van der Waals surface area contributed by atoms with Crippen LogP contribution in [0.2, 0.25) is 0 Å². The Morgan fingerprint density at radius 3 is 2.63 bits per heavy atom. The predicted octanol–water partition coefficient (Wildman–Crippen LogP) is 1.52. The van der Waals surface area contributed by atoms with Gasteiger partial charge in [-0.15, -0.1) is 0 Å². The largest absolute Gasteiger partial charge is 0.468 e. The van der Waals surface area contributed by atoms with Gasteiger partial charge in [0.05, 0.1) is 32.2 Å². The van der Waals surface area contributed by atoms with E-state index >= 15 is 0 Å². The molecule has 3 aromatic heterocycles. The second-order valence-electron chi connectivity index (χ2n) is 6.57. The van der Waals surface area contributed by atoms with Gasteiger partial charge in [-0.3, -0.25) is 13.7 Å². The minimum Gasteiger partial charge on any atom is -0.468 e. The molecule has 162 valence electrons. The lowest BCUT2D eigenvalue weighted by Crippen LogP contribution is -2.08. The van der Waals surface area contributed by atoms with Crippen LogP contribution >= 0.6 is 0 Å². The van der Waals surface area contributed by atoms with Gasteiger partial charge in [0.1, 0.15) is 6.61 Å². The number of methoxy groups -OCH3 is 1. The number of fused-ring (bicyclic) bond motifs is 1. The number of hydrogen-bond acceptors (Lipinski definition) is 10. The molecule has 30 heavy (non-hydrogen) atoms. The Morgan fingerprint density at radius 1 is 1.20 bits per heavy atom. The third kappa shape index (κ3) is 5.33. The Bertz CT molecular complexity index is 1110. The summed E-state index contributed by atoms with van der Waals surface area (Å²) in [5, 5.41) is 0. The van der Waals surface area contributed by atoms with E-state index in [0.717, 1.165) is 24.7 Å². The first-order chi connectivity index (χ1) is 14.3. The lowest BCUT2D eigenvalue weighted by molar-refractivity contribution is 0.286. The number of rotatable bonds is 10. The maximum atomic E-state index is 11.1. The molecule has 11 nitrogen and oxygen atoms in total. The number of nitrogen functional groups attached to an aromatic ring is 1. The van der Waals surface area contributed by atoms with E-state index in [0.29, 0.717) is 36.0 Å². The highest BCUT2D eigenvalue weighted by atomic mass is 32.2. The van der Waals surface area contributed by atoms with E-state index in [1.54, 1.807) is 16.8 Å².